The summed E-state index contributed by atoms with van der Waals surface area (Å²) in [5.74, 6) is -0.292. The fourth-order valence-corrected chi connectivity index (χ4v) is 2.32. The van der Waals surface area contributed by atoms with Crippen molar-refractivity contribution < 1.29 is 9.59 Å². The van der Waals surface area contributed by atoms with Gasteiger partial charge in [-0.1, -0.05) is 35.9 Å². The Morgan fingerprint density at radius 3 is 2.95 bits per heavy atom. The van der Waals surface area contributed by atoms with Crippen LogP contribution in [0.15, 0.2) is 58.3 Å². The SMILES string of the molecule is O=CC1=CC=C(NC(=O)C2=CC(Cl)CC=C2Cl)CC=C1. The minimum atomic E-state index is -0.292. The van der Waals surface area contributed by atoms with Gasteiger partial charge in [-0.15, -0.1) is 11.6 Å². The van der Waals surface area contributed by atoms with E-state index >= 15 is 0 Å². The van der Waals surface area contributed by atoms with Crippen LogP contribution < -0.4 is 5.32 Å². The molecular weight excluding hydrogens is 297 g/mol. The molecule has 20 heavy (non-hydrogen) atoms. The zero-order valence-electron chi connectivity index (χ0n) is 10.6. The van der Waals surface area contributed by atoms with Crippen LogP contribution >= 0.6 is 23.2 Å². The van der Waals surface area contributed by atoms with E-state index in [1.165, 1.54) is 0 Å². The third kappa shape index (κ3) is 3.71. The van der Waals surface area contributed by atoms with Crippen molar-refractivity contribution in [2.75, 3.05) is 0 Å². The molecule has 104 valence electrons. The number of carbonyl (C=O) groups excluding carboxylic acids is 2. The Kier molecular flexibility index (Phi) is 4.99. The highest BCUT2D eigenvalue weighted by molar-refractivity contribution is 6.36. The van der Waals surface area contributed by atoms with Gasteiger partial charge in [0.2, 0.25) is 0 Å². The molecular formula is C15H13Cl2NO2. The number of hydrogen-bond acceptors (Lipinski definition) is 2. The predicted molar refractivity (Wildman–Crippen MR) is 80.4 cm³/mol. The number of carbonyl (C=O) groups is 2. The molecule has 0 aromatic rings. The summed E-state index contributed by atoms with van der Waals surface area (Å²) in [6, 6.07) is 0. The molecule has 0 aromatic heterocycles. The number of hydrogen-bond donors (Lipinski definition) is 1. The molecule has 2 aliphatic carbocycles. The van der Waals surface area contributed by atoms with Gasteiger partial charge in [-0.25, -0.2) is 0 Å². The van der Waals surface area contributed by atoms with Crippen molar-refractivity contribution in [1.82, 2.24) is 5.32 Å². The van der Waals surface area contributed by atoms with E-state index in [0.717, 1.165) is 6.29 Å². The van der Waals surface area contributed by atoms with Crippen LogP contribution in [0, 0.1) is 0 Å². The van der Waals surface area contributed by atoms with Crippen LogP contribution in [0.25, 0.3) is 0 Å². The summed E-state index contributed by atoms with van der Waals surface area (Å²) < 4.78 is 0. The number of rotatable bonds is 3. The Balaban J connectivity index is 2.11. The molecule has 0 spiro atoms. The lowest BCUT2D eigenvalue weighted by Gasteiger charge is -2.15. The van der Waals surface area contributed by atoms with E-state index in [1.807, 2.05) is 6.08 Å². The molecule has 2 rings (SSSR count). The van der Waals surface area contributed by atoms with E-state index in [-0.39, 0.29) is 11.3 Å². The zero-order valence-corrected chi connectivity index (χ0v) is 12.1. The van der Waals surface area contributed by atoms with Gasteiger partial charge in [-0.2, -0.15) is 0 Å². The lowest BCUT2D eigenvalue weighted by Crippen LogP contribution is -2.26. The third-order valence-electron chi connectivity index (χ3n) is 2.91. The highest BCUT2D eigenvalue weighted by Gasteiger charge is 2.19. The van der Waals surface area contributed by atoms with E-state index in [0.29, 0.717) is 34.7 Å². The van der Waals surface area contributed by atoms with Gasteiger partial charge in [0, 0.05) is 22.7 Å². The average Bonchev–Trinajstić information content (AvgIpc) is 2.66. The maximum absolute atomic E-state index is 12.2. The number of aldehydes is 1. The third-order valence-corrected chi connectivity index (χ3v) is 3.57. The van der Waals surface area contributed by atoms with Crippen molar-refractivity contribution in [2.24, 2.45) is 0 Å². The molecule has 0 aromatic carbocycles. The van der Waals surface area contributed by atoms with Gasteiger partial charge in [-0.3, -0.25) is 9.59 Å². The van der Waals surface area contributed by atoms with Crippen LogP contribution in [-0.2, 0) is 9.59 Å². The van der Waals surface area contributed by atoms with E-state index in [9.17, 15) is 9.59 Å². The van der Waals surface area contributed by atoms with Crippen molar-refractivity contribution >= 4 is 35.4 Å². The Hall–Kier alpha value is -1.58. The van der Waals surface area contributed by atoms with Crippen LogP contribution in [0.1, 0.15) is 12.8 Å². The summed E-state index contributed by atoms with van der Waals surface area (Å²) in [7, 11) is 0. The maximum atomic E-state index is 12.2. The Labute approximate surface area is 127 Å². The zero-order chi connectivity index (χ0) is 14.5. The maximum Gasteiger partial charge on any atom is 0.256 e. The monoisotopic (exact) mass is 309 g/mol. The first-order chi connectivity index (χ1) is 9.60. The lowest BCUT2D eigenvalue weighted by molar-refractivity contribution is -0.116. The van der Waals surface area contributed by atoms with Crippen molar-refractivity contribution in [1.29, 1.82) is 0 Å². The molecule has 0 heterocycles. The van der Waals surface area contributed by atoms with Crippen LogP contribution in [0.5, 0.6) is 0 Å². The molecule has 0 bridgehead atoms. The van der Waals surface area contributed by atoms with Gasteiger partial charge in [0.1, 0.15) is 6.29 Å². The first-order valence-corrected chi connectivity index (χ1v) is 6.97. The van der Waals surface area contributed by atoms with E-state index in [2.05, 4.69) is 5.32 Å². The Bertz CT molecular complexity index is 583. The molecule has 0 fully saturated rings. The van der Waals surface area contributed by atoms with Gasteiger partial charge in [-0.05, 0) is 18.6 Å². The standard InChI is InChI=1S/C15H13Cl2NO2/c16-11-5-7-14(17)13(8-11)15(20)18-12-3-1-2-10(9-19)4-6-12/h1-2,4,6-9,11H,3,5H2,(H,18,20). The fraction of sp³-hybridized carbons (Fsp3) is 0.200. The molecule has 3 nitrogen and oxygen atoms in total. The molecule has 1 unspecified atom stereocenters. The number of halogens is 2. The molecule has 0 saturated heterocycles. The number of allylic oxidation sites excluding steroid dienone is 7. The van der Waals surface area contributed by atoms with Gasteiger partial charge in [0.15, 0.2) is 0 Å². The summed E-state index contributed by atoms with van der Waals surface area (Å²) in [4.78, 5) is 22.9. The fourth-order valence-electron chi connectivity index (χ4n) is 1.87. The van der Waals surface area contributed by atoms with E-state index in [1.54, 1.807) is 30.4 Å². The molecule has 1 N–H and O–H groups in total. The Morgan fingerprint density at radius 2 is 2.20 bits per heavy atom. The summed E-state index contributed by atoms with van der Waals surface area (Å²) in [6.45, 7) is 0. The first kappa shape index (κ1) is 14.8. The first-order valence-electron chi connectivity index (χ1n) is 6.16. The molecule has 1 atom stereocenters. The van der Waals surface area contributed by atoms with Gasteiger partial charge < -0.3 is 5.32 Å². The summed E-state index contributed by atoms with van der Waals surface area (Å²) in [5.41, 5.74) is 1.64. The average molecular weight is 310 g/mol. The van der Waals surface area contributed by atoms with E-state index in [4.69, 9.17) is 23.2 Å². The van der Waals surface area contributed by atoms with Gasteiger partial charge in [0.25, 0.3) is 5.91 Å². The van der Waals surface area contributed by atoms with Crippen LogP contribution in [0.3, 0.4) is 0 Å². The van der Waals surface area contributed by atoms with Crippen molar-refractivity contribution in [2.45, 2.75) is 18.2 Å². The number of amides is 1. The smallest absolute Gasteiger partial charge is 0.256 e. The molecule has 1 amide bonds. The van der Waals surface area contributed by atoms with Crippen molar-refractivity contribution in [3.63, 3.8) is 0 Å². The lowest BCUT2D eigenvalue weighted by atomic mass is 10.1. The second-order valence-electron chi connectivity index (χ2n) is 4.42. The topological polar surface area (TPSA) is 46.2 Å². The van der Waals surface area contributed by atoms with Gasteiger partial charge >= 0.3 is 0 Å². The number of alkyl halides is 1. The molecule has 0 aliphatic heterocycles. The summed E-state index contributed by atoms with van der Waals surface area (Å²) in [6.07, 6.45) is 12.2. The Morgan fingerprint density at radius 1 is 1.40 bits per heavy atom. The van der Waals surface area contributed by atoms with Crippen molar-refractivity contribution in [3.8, 4) is 0 Å². The largest absolute Gasteiger partial charge is 0.325 e. The minimum Gasteiger partial charge on any atom is -0.325 e. The highest BCUT2D eigenvalue weighted by Crippen LogP contribution is 2.25. The second kappa shape index (κ2) is 6.73. The van der Waals surface area contributed by atoms with Crippen LogP contribution in [0.4, 0.5) is 0 Å². The predicted octanol–water partition coefficient (Wildman–Crippen LogP) is 3.13. The highest BCUT2D eigenvalue weighted by atomic mass is 35.5. The summed E-state index contributed by atoms with van der Waals surface area (Å²) in [5, 5.41) is 2.97. The van der Waals surface area contributed by atoms with Gasteiger partial charge in [0.05, 0.1) is 11.0 Å². The van der Waals surface area contributed by atoms with Crippen LogP contribution in [-0.4, -0.2) is 17.6 Å². The second-order valence-corrected chi connectivity index (χ2v) is 5.39. The quantitative estimate of drug-likeness (QED) is 0.643. The minimum absolute atomic E-state index is 0.220. The van der Waals surface area contributed by atoms with Crippen molar-refractivity contribution in [3.05, 3.63) is 58.3 Å². The molecule has 0 saturated carbocycles. The summed E-state index contributed by atoms with van der Waals surface area (Å²) >= 11 is 12.0. The van der Waals surface area contributed by atoms with Crippen LogP contribution in [0.2, 0.25) is 0 Å². The normalized spacial score (nSPS) is 22.0. The molecule has 2 aliphatic rings. The molecule has 5 heteroatoms. The van der Waals surface area contributed by atoms with E-state index < -0.39 is 0 Å². The number of nitrogens with one attached hydrogen (secondary N) is 1. The molecule has 0 radical (unpaired) electrons.